The monoisotopic (exact) mass is 361 g/mol. The van der Waals surface area contributed by atoms with Crippen molar-refractivity contribution in [1.82, 2.24) is 5.32 Å². The fourth-order valence-corrected chi connectivity index (χ4v) is 1.46. The number of aliphatic hydroxyl groups is 2. The Bertz CT molecular complexity index is 570. The van der Waals surface area contributed by atoms with E-state index in [1.165, 1.54) is 6.07 Å². The number of benzene rings is 1. The largest absolute Gasteiger partial charge is 1.00 e. The van der Waals surface area contributed by atoms with Crippen LogP contribution in [0.25, 0.3) is 0 Å². The zero-order valence-corrected chi connectivity index (χ0v) is 16.5. The maximum Gasteiger partial charge on any atom is 1.00 e. The van der Waals surface area contributed by atoms with Gasteiger partial charge in [0.2, 0.25) is 0 Å². The van der Waals surface area contributed by atoms with E-state index in [-0.39, 0.29) is 48.9 Å². The Morgan fingerprint density at radius 2 is 1.74 bits per heavy atom. The summed E-state index contributed by atoms with van der Waals surface area (Å²) in [6.07, 6.45) is -0.653. The molecule has 0 aliphatic heterocycles. The zero-order valence-electron chi connectivity index (χ0n) is 14.7. The molecule has 0 heterocycles. The number of β-amino-alcohol motifs (C(OH)–C–C–N with tert-alkyl or cyclic N) is 1. The fourth-order valence-electron chi connectivity index (χ4n) is 1.46. The number of phenols is 1. The zero-order chi connectivity index (χ0) is 17.6. The number of nitrogens with one attached hydrogen (secondary N) is 1. The van der Waals surface area contributed by atoms with Crippen molar-refractivity contribution in [2.75, 3.05) is 6.54 Å². The summed E-state index contributed by atoms with van der Waals surface area (Å²) in [5.74, 6) is 0.0484. The smallest absolute Gasteiger partial charge is 1.00 e. The van der Waals surface area contributed by atoms with Gasteiger partial charge in [-0.1, -0.05) is 6.07 Å². The maximum atomic E-state index is 9.97. The molecule has 1 aromatic rings. The Hall–Kier alpha value is -0.230. The third kappa shape index (κ3) is 13.9. The summed E-state index contributed by atoms with van der Waals surface area (Å²) in [7, 11) is -4.67. The van der Waals surface area contributed by atoms with Crippen LogP contribution in [0.15, 0.2) is 18.2 Å². The fraction of sp³-hybridized carbons (Fsp3) is 0.538. The topological polar surface area (TPSA) is 147 Å². The van der Waals surface area contributed by atoms with E-state index in [1.54, 1.807) is 12.1 Å². The molecule has 6 N–H and O–H groups in total. The predicted octanol–water partition coefficient (Wildman–Crippen LogP) is -2.23. The SMILES string of the molecule is CC(C)(C)NCC(O)c1ccc(O)c(CO)c1.O=S(=O)(O)O.[H-].[Na+]. The molecule has 1 rings (SSSR count). The van der Waals surface area contributed by atoms with E-state index in [2.05, 4.69) is 5.32 Å². The first-order valence-corrected chi connectivity index (χ1v) is 7.79. The van der Waals surface area contributed by atoms with Crippen molar-refractivity contribution in [3.05, 3.63) is 29.3 Å². The molecule has 0 saturated heterocycles. The van der Waals surface area contributed by atoms with E-state index >= 15 is 0 Å². The van der Waals surface area contributed by atoms with Gasteiger partial charge in [0.25, 0.3) is 0 Å². The van der Waals surface area contributed by atoms with Gasteiger partial charge in [0.15, 0.2) is 0 Å². The van der Waals surface area contributed by atoms with Crippen molar-refractivity contribution in [2.45, 2.75) is 39.0 Å². The van der Waals surface area contributed by atoms with E-state index in [1.807, 2.05) is 20.8 Å². The average molecular weight is 361 g/mol. The molecule has 0 bridgehead atoms. The predicted molar refractivity (Wildman–Crippen MR) is 82.0 cm³/mol. The molecular weight excluding hydrogens is 337 g/mol. The van der Waals surface area contributed by atoms with Crippen molar-refractivity contribution in [1.29, 1.82) is 0 Å². The third-order valence-corrected chi connectivity index (χ3v) is 2.48. The Kier molecular flexibility index (Phi) is 11.5. The Balaban J connectivity index is -0.000000554. The van der Waals surface area contributed by atoms with Crippen LogP contribution in [0, 0.1) is 0 Å². The van der Waals surface area contributed by atoms with Crippen LogP contribution in [0.4, 0.5) is 0 Å². The second kappa shape index (κ2) is 10.6. The minimum Gasteiger partial charge on any atom is -1.00 e. The first-order valence-electron chi connectivity index (χ1n) is 6.39. The number of aromatic hydroxyl groups is 1. The van der Waals surface area contributed by atoms with E-state index in [4.69, 9.17) is 22.6 Å². The second-order valence-corrected chi connectivity index (χ2v) is 6.54. The normalized spacial score (nSPS) is 12.7. The standard InChI is InChI=1S/C13H21NO3.Na.H2O4S.H/c1-13(2,3)14-7-12(17)9-4-5-11(16)10(6-9)8-15;;1-5(2,3)4;/h4-6,12,14-17H,7-8H2,1-3H3;;(H2,1,2,3,4);/q;+1;;-1. The summed E-state index contributed by atoms with van der Waals surface area (Å²) in [6, 6.07) is 4.76. The number of aliphatic hydroxyl groups excluding tert-OH is 2. The van der Waals surface area contributed by atoms with E-state index in [9.17, 15) is 10.2 Å². The van der Waals surface area contributed by atoms with E-state index in [0.717, 1.165) is 0 Å². The van der Waals surface area contributed by atoms with Crippen LogP contribution in [-0.2, 0) is 17.0 Å². The van der Waals surface area contributed by atoms with Gasteiger partial charge in [-0.05, 0) is 38.5 Å². The van der Waals surface area contributed by atoms with Gasteiger partial charge in [-0.3, -0.25) is 9.11 Å². The number of hydrogen-bond acceptors (Lipinski definition) is 6. The molecular formula is C13H24NNaO7S. The molecule has 130 valence electrons. The van der Waals surface area contributed by atoms with Crippen LogP contribution in [0.1, 0.15) is 39.4 Å². The molecule has 0 aliphatic rings. The van der Waals surface area contributed by atoms with Crippen molar-refractivity contribution < 1.29 is 63.8 Å². The molecule has 0 aromatic heterocycles. The summed E-state index contributed by atoms with van der Waals surface area (Å²) in [5, 5.41) is 31.6. The minimum atomic E-state index is -4.67. The molecule has 0 spiro atoms. The molecule has 8 nitrogen and oxygen atoms in total. The van der Waals surface area contributed by atoms with Gasteiger partial charge in [0.1, 0.15) is 5.75 Å². The van der Waals surface area contributed by atoms with Gasteiger partial charge in [0.05, 0.1) is 12.7 Å². The quantitative estimate of drug-likeness (QED) is 0.261. The molecule has 1 atom stereocenters. The van der Waals surface area contributed by atoms with Gasteiger partial charge in [-0.15, -0.1) is 0 Å². The molecule has 0 saturated carbocycles. The van der Waals surface area contributed by atoms with Crippen molar-refractivity contribution >= 4 is 10.4 Å². The van der Waals surface area contributed by atoms with Crippen LogP contribution >= 0.6 is 0 Å². The molecule has 0 radical (unpaired) electrons. The summed E-state index contributed by atoms with van der Waals surface area (Å²) < 4.78 is 31.6. The first-order chi connectivity index (χ1) is 9.83. The molecule has 10 heteroatoms. The van der Waals surface area contributed by atoms with Crippen LogP contribution in [0.2, 0.25) is 0 Å². The van der Waals surface area contributed by atoms with E-state index < -0.39 is 16.5 Å². The molecule has 23 heavy (non-hydrogen) atoms. The molecule has 1 aromatic carbocycles. The Morgan fingerprint density at radius 1 is 1.26 bits per heavy atom. The minimum absolute atomic E-state index is 0. The van der Waals surface area contributed by atoms with Crippen LogP contribution < -0.4 is 34.9 Å². The average Bonchev–Trinajstić information content (AvgIpc) is 2.33. The summed E-state index contributed by atoms with van der Waals surface area (Å²) in [6.45, 7) is 6.26. The van der Waals surface area contributed by atoms with Crippen LogP contribution in [0.3, 0.4) is 0 Å². The maximum absolute atomic E-state index is 9.97. The molecule has 1 unspecified atom stereocenters. The van der Waals surface area contributed by atoms with E-state index in [0.29, 0.717) is 17.7 Å². The molecule has 0 fully saturated rings. The number of hydrogen-bond donors (Lipinski definition) is 6. The van der Waals surface area contributed by atoms with Crippen molar-refractivity contribution in [3.8, 4) is 5.75 Å². The third-order valence-electron chi connectivity index (χ3n) is 2.48. The van der Waals surface area contributed by atoms with Crippen LogP contribution in [0.5, 0.6) is 5.75 Å². The van der Waals surface area contributed by atoms with Crippen LogP contribution in [-0.4, -0.2) is 44.9 Å². The first kappa shape index (κ1) is 25.0. The summed E-state index contributed by atoms with van der Waals surface area (Å²) in [5.41, 5.74) is 1.05. The van der Waals surface area contributed by atoms with Gasteiger partial charge in [-0.2, -0.15) is 8.42 Å². The number of rotatable bonds is 4. The molecule has 0 amide bonds. The van der Waals surface area contributed by atoms with Gasteiger partial charge in [-0.25, -0.2) is 0 Å². The van der Waals surface area contributed by atoms with Gasteiger partial charge < -0.3 is 22.1 Å². The Morgan fingerprint density at radius 3 is 2.13 bits per heavy atom. The van der Waals surface area contributed by atoms with Gasteiger partial charge >= 0.3 is 40.0 Å². The summed E-state index contributed by atoms with van der Waals surface area (Å²) >= 11 is 0. The van der Waals surface area contributed by atoms with Crippen molar-refractivity contribution in [3.63, 3.8) is 0 Å². The van der Waals surface area contributed by atoms with Crippen molar-refractivity contribution in [2.24, 2.45) is 0 Å². The summed E-state index contributed by atoms with van der Waals surface area (Å²) in [4.78, 5) is 0. The Labute approximate surface area is 159 Å². The second-order valence-electron chi connectivity index (χ2n) is 5.64. The molecule has 0 aliphatic carbocycles. The van der Waals surface area contributed by atoms with Gasteiger partial charge in [0, 0.05) is 17.6 Å².